The second-order valence-electron chi connectivity index (χ2n) is 4.41. The fourth-order valence-corrected chi connectivity index (χ4v) is 1.70. The summed E-state index contributed by atoms with van der Waals surface area (Å²) in [6, 6.07) is 0. The van der Waals surface area contributed by atoms with Crippen LogP contribution in [0.5, 0.6) is 0 Å². The maximum absolute atomic E-state index is 4.19. The minimum atomic E-state index is 0. The van der Waals surface area contributed by atoms with Crippen molar-refractivity contribution in [2.45, 2.75) is 32.6 Å². The Bertz CT molecular complexity index is 362. The molecule has 0 aliphatic heterocycles. The molecule has 1 rings (SSSR count). The molecule has 0 amide bonds. The van der Waals surface area contributed by atoms with Crippen molar-refractivity contribution >= 4 is 29.9 Å². The molecule has 0 spiro atoms. The van der Waals surface area contributed by atoms with E-state index in [1.807, 2.05) is 25.0 Å². The molecule has 0 saturated carbocycles. The molecule has 0 unspecified atom stereocenters. The fourth-order valence-electron chi connectivity index (χ4n) is 1.70. The molecular formula is C13H26IN5. The number of hydrogen-bond acceptors (Lipinski definition) is 2. The number of hydrogen-bond donors (Lipinski definition) is 2. The van der Waals surface area contributed by atoms with E-state index in [4.69, 9.17) is 0 Å². The van der Waals surface area contributed by atoms with Crippen molar-refractivity contribution in [2.24, 2.45) is 12.0 Å². The third-order valence-corrected chi connectivity index (χ3v) is 2.74. The number of rotatable bonds is 7. The average molecular weight is 379 g/mol. The van der Waals surface area contributed by atoms with Crippen LogP contribution in [-0.2, 0) is 13.5 Å². The predicted molar refractivity (Wildman–Crippen MR) is 91.2 cm³/mol. The van der Waals surface area contributed by atoms with Crippen molar-refractivity contribution in [2.75, 3.05) is 20.1 Å². The van der Waals surface area contributed by atoms with Crippen LogP contribution in [0.1, 0.15) is 31.7 Å². The number of guanidine groups is 1. The van der Waals surface area contributed by atoms with E-state index < -0.39 is 0 Å². The number of nitrogens with zero attached hydrogens (tertiary/aromatic N) is 3. The van der Waals surface area contributed by atoms with Crippen molar-refractivity contribution in [3.05, 3.63) is 18.0 Å². The number of aryl methyl sites for hydroxylation is 2. The van der Waals surface area contributed by atoms with Gasteiger partial charge < -0.3 is 10.6 Å². The summed E-state index contributed by atoms with van der Waals surface area (Å²) < 4.78 is 1.84. The first-order valence-corrected chi connectivity index (χ1v) is 6.68. The minimum absolute atomic E-state index is 0. The van der Waals surface area contributed by atoms with Gasteiger partial charge in [-0.3, -0.25) is 9.67 Å². The van der Waals surface area contributed by atoms with Crippen LogP contribution in [0.15, 0.2) is 17.4 Å². The SMILES string of the molecule is CCCCNC(=NC)NCCCc1cnn(C)c1.I. The van der Waals surface area contributed by atoms with Gasteiger partial charge in [0.05, 0.1) is 6.20 Å². The van der Waals surface area contributed by atoms with Crippen molar-refractivity contribution < 1.29 is 0 Å². The summed E-state index contributed by atoms with van der Waals surface area (Å²) in [4.78, 5) is 4.19. The molecule has 110 valence electrons. The van der Waals surface area contributed by atoms with Crippen molar-refractivity contribution in [1.82, 2.24) is 20.4 Å². The van der Waals surface area contributed by atoms with E-state index in [9.17, 15) is 0 Å². The summed E-state index contributed by atoms with van der Waals surface area (Å²) in [5.74, 6) is 0.898. The highest BCUT2D eigenvalue weighted by atomic mass is 127. The van der Waals surface area contributed by atoms with E-state index >= 15 is 0 Å². The Morgan fingerprint density at radius 3 is 2.53 bits per heavy atom. The number of nitrogens with one attached hydrogen (secondary N) is 2. The fraction of sp³-hybridized carbons (Fsp3) is 0.692. The van der Waals surface area contributed by atoms with Gasteiger partial charge in [0, 0.05) is 33.4 Å². The minimum Gasteiger partial charge on any atom is -0.356 e. The summed E-state index contributed by atoms with van der Waals surface area (Å²) in [7, 11) is 3.75. The van der Waals surface area contributed by atoms with E-state index in [1.54, 1.807) is 0 Å². The standard InChI is InChI=1S/C13H25N5.HI/c1-4-5-8-15-13(14-2)16-9-6-7-12-10-17-18(3)11-12;/h10-11H,4-9H2,1-3H3,(H2,14,15,16);1H. The Kier molecular flexibility index (Phi) is 10.6. The Balaban J connectivity index is 0.00000324. The molecule has 0 fully saturated rings. The highest BCUT2D eigenvalue weighted by Crippen LogP contribution is 1.99. The zero-order valence-electron chi connectivity index (χ0n) is 12.1. The van der Waals surface area contributed by atoms with E-state index in [0.717, 1.165) is 31.9 Å². The molecule has 2 N–H and O–H groups in total. The summed E-state index contributed by atoms with van der Waals surface area (Å²) in [6.45, 7) is 4.10. The summed E-state index contributed by atoms with van der Waals surface area (Å²) in [6.07, 6.45) is 8.50. The maximum Gasteiger partial charge on any atom is 0.190 e. The molecule has 1 heterocycles. The Morgan fingerprint density at radius 1 is 1.32 bits per heavy atom. The molecule has 1 aromatic heterocycles. The lowest BCUT2D eigenvalue weighted by molar-refractivity contribution is 0.710. The number of aliphatic imine (C=N–C) groups is 1. The molecule has 0 aliphatic carbocycles. The molecule has 0 saturated heterocycles. The molecular weight excluding hydrogens is 353 g/mol. The van der Waals surface area contributed by atoms with Gasteiger partial charge in [0.2, 0.25) is 0 Å². The first-order chi connectivity index (χ1) is 8.76. The van der Waals surface area contributed by atoms with Gasteiger partial charge in [-0.15, -0.1) is 24.0 Å². The number of aromatic nitrogens is 2. The smallest absolute Gasteiger partial charge is 0.190 e. The van der Waals surface area contributed by atoms with Crippen LogP contribution in [0, 0.1) is 0 Å². The molecule has 6 heteroatoms. The third kappa shape index (κ3) is 8.07. The Morgan fingerprint density at radius 2 is 2.00 bits per heavy atom. The van der Waals surface area contributed by atoms with E-state index in [1.165, 1.54) is 18.4 Å². The first-order valence-electron chi connectivity index (χ1n) is 6.68. The topological polar surface area (TPSA) is 54.2 Å². The van der Waals surface area contributed by atoms with Crippen molar-refractivity contribution in [3.63, 3.8) is 0 Å². The summed E-state index contributed by atoms with van der Waals surface area (Å²) >= 11 is 0. The van der Waals surface area contributed by atoms with Crippen LogP contribution in [-0.4, -0.2) is 35.9 Å². The number of unbranched alkanes of at least 4 members (excludes halogenated alkanes) is 1. The van der Waals surface area contributed by atoms with E-state index in [0.29, 0.717) is 0 Å². The quantitative estimate of drug-likeness (QED) is 0.330. The van der Waals surface area contributed by atoms with Gasteiger partial charge in [0.1, 0.15) is 0 Å². The highest BCUT2D eigenvalue weighted by Gasteiger charge is 1.98. The van der Waals surface area contributed by atoms with Crippen LogP contribution >= 0.6 is 24.0 Å². The highest BCUT2D eigenvalue weighted by molar-refractivity contribution is 14.0. The second kappa shape index (κ2) is 11.1. The lowest BCUT2D eigenvalue weighted by atomic mass is 10.2. The average Bonchev–Trinajstić information content (AvgIpc) is 2.78. The van der Waals surface area contributed by atoms with Crippen LogP contribution in [0.2, 0.25) is 0 Å². The van der Waals surface area contributed by atoms with Crippen LogP contribution < -0.4 is 10.6 Å². The second-order valence-corrected chi connectivity index (χ2v) is 4.41. The summed E-state index contributed by atoms with van der Waals surface area (Å²) in [5.41, 5.74) is 1.29. The van der Waals surface area contributed by atoms with Crippen LogP contribution in [0.3, 0.4) is 0 Å². The first kappa shape index (κ1) is 18.2. The van der Waals surface area contributed by atoms with Gasteiger partial charge in [-0.2, -0.15) is 5.10 Å². The van der Waals surface area contributed by atoms with Gasteiger partial charge in [-0.05, 0) is 24.8 Å². The van der Waals surface area contributed by atoms with Gasteiger partial charge in [0.15, 0.2) is 5.96 Å². The third-order valence-electron chi connectivity index (χ3n) is 2.74. The zero-order chi connectivity index (χ0) is 13.2. The van der Waals surface area contributed by atoms with Gasteiger partial charge in [-0.25, -0.2) is 0 Å². The number of halogens is 1. The zero-order valence-corrected chi connectivity index (χ0v) is 14.5. The van der Waals surface area contributed by atoms with E-state index in [-0.39, 0.29) is 24.0 Å². The van der Waals surface area contributed by atoms with Crippen molar-refractivity contribution in [3.8, 4) is 0 Å². The molecule has 19 heavy (non-hydrogen) atoms. The monoisotopic (exact) mass is 379 g/mol. The normalized spacial score (nSPS) is 11.0. The van der Waals surface area contributed by atoms with Crippen LogP contribution in [0.4, 0.5) is 0 Å². The lowest BCUT2D eigenvalue weighted by Crippen LogP contribution is -2.38. The maximum atomic E-state index is 4.19. The van der Waals surface area contributed by atoms with Gasteiger partial charge >= 0.3 is 0 Å². The van der Waals surface area contributed by atoms with Gasteiger partial charge in [0.25, 0.3) is 0 Å². The van der Waals surface area contributed by atoms with Crippen molar-refractivity contribution in [1.29, 1.82) is 0 Å². The van der Waals surface area contributed by atoms with Crippen LogP contribution in [0.25, 0.3) is 0 Å². The molecule has 1 aromatic rings. The van der Waals surface area contributed by atoms with Gasteiger partial charge in [-0.1, -0.05) is 13.3 Å². The molecule has 0 aliphatic rings. The molecule has 0 bridgehead atoms. The Labute approximate surface area is 133 Å². The molecule has 0 aromatic carbocycles. The molecule has 5 nitrogen and oxygen atoms in total. The summed E-state index contributed by atoms with van der Waals surface area (Å²) in [5, 5.41) is 10.8. The lowest BCUT2D eigenvalue weighted by Gasteiger charge is -2.10. The molecule has 0 radical (unpaired) electrons. The molecule has 0 atom stereocenters. The van der Waals surface area contributed by atoms with E-state index in [2.05, 4.69) is 33.8 Å². The predicted octanol–water partition coefficient (Wildman–Crippen LogP) is 1.94. The largest absolute Gasteiger partial charge is 0.356 e. The Hall–Kier alpha value is -0.790.